The first kappa shape index (κ1) is 14.4. The Morgan fingerprint density at radius 2 is 2.16 bits per heavy atom. The molecule has 19 heavy (non-hydrogen) atoms. The second-order valence-corrected chi connectivity index (χ2v) is 5.62. The van der Waals surface area contributed by atoms with Crippen molar-refractivity contribution in [2.24, 2.45) is 0 Å². The first-order valence-corrected chi connectivity index (χ1v) is 6.78. The molecule has 1 saturated heterocycles. The van der Waals surface area contributed by atoms with E-state index in [1.807, 2.05) is 0 Å². The second kappa shape index (κ2) is 5.18. The van der Waals surface area contributed by atoms with Gasteiger partial charge in [0.15, 0.2) is 5.78 Å². The van der Waals surface area contributed by atoms with Crippen LogP contribution in [0.4, 0.5) is 0 Å². The number of ketones is 1. The molecule has 1 aliphatic rings. The molecule has 1 aromatic rings. The lowest BCUT2D eigenvalue weighted by Crippen LogP contribution is -2.58. The first-order valence-electron chi connectivity index (χ1n) is 5.73. The quantitative estimate of drug-likeness (QED) is 0.530. The average Bonchev–Trinajstić information content (AvgIpc) is 2.41. The third kappa shape index (κ3) is 2.28. The lowest BCUT2D eigenvalue weighted by Gasteiger charge is -2.43. The number of rotatable bonds is 2. The SMILES string of the molecule is CC(=O)c1ncccc1[C@]1(O)[C@H](O)CS[C@@H](O)[C@@H]1O. The van der Waals surface area contributed by atoms with Crippen molar-refractivity contribution >= 4 is 17.5 Å². The Kier molecular flexibility index (Phi) is 3.93. The van der Waals surface area contributed by atoms with Gasteiger partial charge in [-0.3, -0.25) is 9.78 Å². The number of aliphatic hydroxyl groups is 4. The van der Waals surface area contributed by atoms with Crippen LogP contribution in [0.1, 0.15) is 23.0 Å². The Hall–Kier alpha value is -0.990. The number of carbonyl (C=O) groups is 1. The topological polar surface area (TPSA) is 111 Å². The van der Waals surface area contributed by atoms with Crippen LogP contribution in [-0.4, -0.2) is 54.6 Å². The zero-order valence-electron chi connectivity index (χ0n) is 10.2. The number of carbonyl (C=O) groups excluding carboxylic acids is 1. The molecule has 4 N–H and O–H groups in total. The van der Waals surface area contributed by atoms with E-state index in [-0.39, 0.29) is 17.0 Å². The van der Waals surface area contributed by atoms with Gasteiger partial charge < -0.3 is 20.4 Å². The van der Waals surface area contributed by atoms with Crippen molar-refractivity contribution < 1.29 is 25.2 Å². The molecule has 1 aromatic heterocycles. The van der Waals surface area contributed by atoms with Crippen molar-refractivity contribution in [3.05, 3.63) is 29.6 Å². The molecular formula is C12H15NO5S. The predicted octanol–water partition coefficient (Wildman–Crippen LogP) is -0.741. The maximum atomic E-state index is 11.5. The van der Waals surface area contributed by atoms with Crippen molar-refractivity contribution in [2.45, 2.75) is 30.2 Å². The molecule has 0 amide bonds. The van der Waals surface area contributed by atoms with E-state index in [9.17, 15) is 25.2 Å². The Balaban J connectivity index is 2.57. The minimum Gasteiger partial charge on any atom is -0.389 e. The van der Waals surface area contributed by atoms with E-state index in [1.54, 1.807) is 0 Å². The Morgan fingerprint density at radius 3 is 2.79 bits per heavy atom. The average molecular weight is 285 g/mol. The van der Waals surface area contributed by atoms with Crippen LogP contribution in [0.5, 0.6) is 0 Å². The lowest BCUT2D eigenvalue weighted by molar-refractivity contribution is -0.169. The maximum absolute atomic E-state index is 11.5. The van der Waals surface area contributed by atoms with Crippen LogP contribution in [0.3, 0.4) is 0 Å². The summed E-state index contributed by atoms with van der Waals surface area (Å²) in [6.07, 6.45) is -1.53. The highest BCUT2D eigenvalue weighted by Gasteiger charge is 2.52. The largest absolute Gasteiger partial charge is 0.389 e. The summed E-state index contributed by atoms with van der Waals surface area (Å²) in [4.78, 5) is 15.4. The van der Waals surface area contributed by atoms with Gasteiger partial charge in [-0.1, -0.05) is 6.07 Å². The first-order chi connectivity index (χ1) is 8.89. The summed E-state index contributed by atoms with van der Waals surface area (Å²) in [5, 5.41) is 40.3. The maximum Gasteiger partial charge on any atom is 0.178 e. The summed E-state index contributed by atoms with van der Waals surface area (Å²) in [7, 11) is 0. The van der Waals surface area contributed by atoms with E-state index < -0.39 is 29.0 Å². The number of aliphatic hydroxyl groups excluding tert-OH is 3. The molecule has 0 bridgehead atoms. The van der Waals surface area contributed by atoms with E-state index in [4.69, 9.17) is 0 Å². The van der Waals surface area contributed by atoms with E-state index in [1.165, 1.54) is 25.3 Å². The fraction of sp³-hybridized carbons (Fsp3) is 0.500. The van der Waals surface area contributed by atoms with E-state index in [2.05, 4.69) is 4.98 Å². The van der Waals surface area contributed by atoms with Gasteiger partial charge in [0.2, 0.25) is 0 Å². The van der Waals surface area contributed by atoms with Crippen LogP contribution < -0.4 is 0 Å². The summed E-state index contributed by atoms with van der Waals surface area (Å²) in [5.74, 6) is -0.350. The third-order valence-electron chi connectivity index (χ3n) is 3.23. The van der Waals surface area contributed by atoms with Gasteiger partial charge in [0.1, 0.15) is 22.8 Å². The fourth-order valence-corrected chi connectivity index (χ4v) is 3.19. The molecular weight excluding hydrogens is 270 g/mol. The molecule has 0 saturated carbocycles. The molecule has 104 valence electrons. The Labute approximate surface area is 114 Å². The van der Waals surface area contributed by atoms with Gasteiger partial charge in [-0.15, -0.1) is 11.8 Å². The van der Waals surface area contributed by atoms with E-state index in [0.717, 1.165) is 11.8 Å². The van der Waals surface area contributed by atoms with Gasteiger partial charge in [0, 0.05) is 24.4 Å². The van der Waals surface area contributed by atoms with Crippen molar-refractivity contribution in [3.8, 4) is 0 Å². The number of Topliss-reactive ketones (excluding diaryl/α,β-unsaturated/α-hetero) is 1. The molecule has 4 atom stereocenters. The van der Waals surface area contributed by atoms with E-state index >= 15 is 0 Å². The summed E-state index contributed by atoms with van der Waals surface area (Å²) >= 11 is 0.936. The molecule has 0 radical (unpaired) electrons. The van der Waals surface area contributed by atoms with Gasteiger partial charge in [-0.25, -0.2) is 0 Å². The van der Waals surface area contributed by atoms with Crippen LogP contribution in [0, 0.1) is 0 Å². The number of thioether (sulfide) groups is 1. The normalized spacial score (nSPS) is 35.1. The van der Waals surface area contributed by atoms with Crippen molar-refractivity contribution in [3.63, 3.8) is 0 Å². The summed E-state index contributed by atoms with van der Waals surface area (Å²) in [5.41, 5.74) is -3.35. The van der Waals surface area contributed by atoms with Gasteiger partial charge in [0.25, 0.3) is 0 Å². The molecule has 6 nitrogen and oxygen atoms in total. The molecule has 7 heteroatoms. The predicted molar refractivity (Wildman–Crippen MR) is 68.6 cm³/mol. The molecule has 0 aliphatic carbocycles. The second-order valence-electron chi connectivity index (χ2n) is 4.47. The van der Waals surface area contributed by atoms with Crippen LogP contribution >= 0.6 is 11.8 Å². The van der Waals surface area contributed by atoms with Crippen LogP contribution in [0.25, 0.3) is 0 Å². The number of nitrogens with zero attached hydrogens (tertiary/aromatic N) is 1. The zero-order chi connectivity index (χ0) is 14.2. The van der Waals surface area contributed by atoms with Crippen molar-refractivity contribution in [1.29, 1.82) is 0 Å². The van der Waals surface area contributed by atoms with Gasteiger partial charge in [-0.2, -0.15) is 0 Å². The minimum atomic E-state index is -2.11. The number of pyridine rings is 1. The zero-order valence-corrected chi connectivity index (χ0v) is 11.0. The van der Waals surface area contributed by atoms with Crippen molar-refractivity contribution in [2.75, 3.05) is 5.75 Å². The molecule has 0 aromatic carbocycles. The summed E-state index contributed by atoms with van der Waals surface area (Å²) < 4.78 is 0. The molecule has 0 spiro atoms. The minimum absolute atomic E-state index is 0.0257. The Bertz CT molecular complexity index is 497. The van der Waals surface area contributed by atoms with Crippen molar-refractivity contribution in [1.82, 2.24) is 4.98 Å². The molecule has 2 heterocycles. The Morgan fingerprint density at radius 1 is 1.47 bits per heavy atom. The van der Waals surface area contributed by atoms with Crippen LogP contribution in [0.2, 0.25) is 0 Å². The number of hydrogen-bond donors (Lipinski definition) is 4. The van der Waals surface area contributed by atoms with Gasteiger partial charge in [-0.05, 0) is 6.07 Å². The van der Waals surface area contributed by atoms with E-state index in [0.29, 0.717) is 0 Å². The monoisotopic (exact) mass is 285 g/mol. The third-order valence-corrected chi connectivity index (χ3v) is 4.33. The standard InChI is InChI=1S/C12H15NO5S/c1-6(14)9-7(3-2-4-13-9)12(18)8(15)5-19-11(17)10(12)16/h2-4,8,10-11,15-18H,5H2,1H3/t8-,10+,11-,12+/m1/s1. The highest BCUT2D eigenvalue weighted by molar-refractivity contribution is 7.99. The molecule has 2 rings (SSSR count). The summed E-state index contributed by atoms with van der Waals surface area (Å²) in [6, 6.07) is 2.91. The van der Waals surface area contributed by atoms with Crippen LogP contribution in [-0.2, 0) is 5.60 Å². The highest BCUT2D eigenvalue weighted by Crippen LogP contribution is 2.40. The molecule has 0 unspecified atom stereocenters. The smallest absolute Gasteiger partial charge is 0.178 e. The van der Waals surface area contributed by atoms with Gasteiger partial charge in [0.05, 0.1) is 6.10 Å². The number of hydrogen-bond acceptors (Lipinski definition) is 7. The van der Waals surface area contributed by atoms with Crippen LogP contribution in [0.15, 0.2) is 18.3 Å². The summed E-state index contributed by atoms with van der Waals surface area (Å²) in [6.45, 7) is 1.28. The fourth-order valence-electron chi connectivity index (χ4n) is 2.17. The molecule has 1 aliphatic heterocycles. The lowest BCUT2D eigenvalue weighted by atomic mass is 9.81. The molecule has 1 fully saturated rings. The number of aromatic nitrogens is 1. The highest BCUT2D eigenvalue weighted by atomic mass is 32.2. The van der Waals surface area contributed by atoms with Gasteiger partial charge >= 0.3 is 0 Å².